The van der Waals surface area contributed by atoms with Crippen LogP contribution in [0, 0.1) is 0 Å². The number of anilines is 2. The zero-order valence-electron chi connectivity index (χ0n) is 18.3. The molecule has 0 spiro atoms. The highest BCUT2D eigenvalue weighted by Crippen LogP contribution is 2.24. The molecule has 0 aromatic heterocycles. The summed E-state index contributed by atoms with van der Waals surface area (Å²) in [6, 6.07) is 27.2. The number of hydrogen-bond donors (Lipinski definition) is 1. The summed E-state index contributed by atoms with van der Waals surface area (Å²) >= 11 is 0. The number of carbonyl (C=O) groups excluding carboxylic acids is 2. The lowest BCUT2D eigenvalue weighted by molar-refractivity contribution is -0.119. The van der Waals surface area contributed by atoms with Gasteiger partial charge in [0.25, 0.3) is 15.9 Å². The third-order valence-electron chi connectivity index (χ3n) is 5.25. The monoisotopic (exact) mass is 474 g/mol. The molecule has 0 aliphatic heterocycles. The van der Waals surface area contributed by atoms with Gasteiger partial charge in [-0.2, -0.15) is 0 Å². The van der Waals surface area contributed by atoms with E-state index < -0.39 is 28.5 Å². The highest BCUT2D eigenvalue weighted by molar-refractivity contribution is 7.92. The van der Waals surface area contributed by atoms with Crippen LogP contribution < -0.4 is 9.62 Å². The third kappa shape index (κ3) is 4.92. The lowest BCUT2D eigenvalue weighted by Crippen LogP contribution is -2.26. The number of nitrogens with one attached hydrogen (secondary N) is 1. The first-order valence-electron chi connectivity index (χ1n) is 10.4. The summed E-state index contributed by atoms with van der Waals surface area (Å²) in [7, 11) is -2.46. The first-order chi connectivity index (χ1) is 16.4. The van der Waals surface area contributed by atoms with Crippen molar-refractivity contribution in [3.63, 3.8) is 0 Å². The van der Waals surface area contributed by atoms with Gasteiger partial charge in [-0.1, -0.05) is 60.7 Å². The van der Waals surface area contributed by atoms with Crippen LogP contribution in [0.15, 0.2) is 102 Å². The average Bonchev–Trinajstić information content (AvgIpc) is 2.87. The second-order valence-electron chi connectivity index (χ2n) is 7.49. The highest BCUT2D eigenvalue weighted by atomic mass is 32.2. The fourth-order valence-corrected chi connectivity index (χ4v) is 4.70. The molecule has 4 aromatic rings. The number of carbonyl (C=O) groups is 2. The molecule has 0 aliphatic rings. The van der Waals surface area contributed by atoms with Crippen molar-refractivity contribution in [1.29, 1.82) is 0 Å². The van der Waals surface area contributed by atoms with Crippen molar-refractivity contribution in [2.75, 3.05) is 23.3 Å². The molecule has 0 atom stereocenters. The van der Waals surface area contributed by atoms with Crippen LogP contribution in [0.25, 0.3) is 10.8 Å². The number of sulfonamides is 1. The minimum atomic E-state index is -3.89. The molecular formula is C26H22N2O5S. The number of para-hydroxylation sites is 1. The zero-order valence-corrected chi connectivity index (χ0v) is 19.2. The largest absolute Gasteiger partial charge is 0.452 e. The number of nitrogens with zero attached hydrogens (tertiary/aromatic N) is 1. The Morgan fingerprint density at radius 1 is 0.853 bits per heavy atom. The van der Waals surface area contributed by atoms with E-state index in [9.17, 15) is 18.0 Å². The van der Waals surface area contributed by atoms with Crippen molar-refractivity contribution in [2.24, 2.45) is 0 Å². The Morgan fingerprint density at radius 2 is 1.53 bits per heavy atom. The third-order valence-corrected chi connectivity index (χ3v) is 7.03. The molecule has 8 heteroatoms. The summed E-state index contributed by atoms with van der Waals surface area (Å²) in [6.45, 7) is -0.511. The Labute approximate surface area is 197 Å². The van der Waals surface area contributed by atoms with Gasteiger partial charge in [-0.25, -0.2) is 13.2 Å². The van der Waals surface area contributed by atoms with Crippen molar-refractivity contribution < 1.29 is 22.7 Å². The molecule has 7 nitrogen and oxygen atoms in total. The Hall–Kier alpha value is -4.17. The molecule has 0 bridgehead atoms. The van der Waals surface area contributed by atoms with Crippen molar-refractivity contribution in [1.82, 2.24) is 0 Å². The standard InChI is InChI=1S/C26H22N2O5S/c1-28(21-12-3-2-4-13-21)34(31,32)22-14-7-11-20(17-22)26(30)33-18-25(29)27-24-16-8-10-19-9-5-6-15-23(19)24/h2-17H,18H2,1H3,(H,27,29). The van der Waals surface area contributed by atoms with E-state index in [1.165, 1.54) is 31.3 Å². The maximum atomic E-state index is 13.0. The minimum absolute atomic E-state index is 0.0282. The van der Waals surface area contributed by atoms with Crippen LogP contribution >= 0.6 is 0 Å². The molecule has 0 unspecified atom stereocenters. The molecule has 0 saturated heterocycles. The van der Waals surface area contributed by atoms with Gasteiger partial charge >= 0.3 is 5.97 Å². The number of ether oxygens (including phenoxy) is 1. The number of benzene rings is 4. The number of hydrogen-bond acceptors (Lipinski definition) is 5. The minimum Gasteiger partial charge on any atom is -0.452 e. The first kappa shape index (κ1) is 23.0. The smallest absolute Gasteiger partial charge is 0.338 e. The predicted molar refractivity (Wildman–Crippen MR) is 131 cm³/mol. The SMILES string of the molecule is CN(c1ccccc1)S(=O)(=O)c1cccc(C(=O)OCC(=O)Nc2cccc3ccccc23)c1. The summed E-state index contributed by atoms with van der Waals surface area (Å²) in [5, 5.41) is 4.58. The molecule has 1 N–H and O–H groups in total. The second kappa shape index (κ2) is 9.76. The quantitative estimate of drug-likeness (QED) is 0.399. The average molecular weight is 475 g/mol. The van der Waals surface area contributed by atoms with Crippen LogP contribution in [0.2, 0.25) is 0 Å². The van der Waals surface area contributed by atoms with E-state index in [0.717, 1.165) is 15.1 Å². The fourth-order valence-electron chi connectivity index (χ4n) is 3.45. The van der Waals surface area contributed by atoms with Crippen LogP contribution in [0.1, 0.15) is 10.4 Å². The number of rotatable bonds is 7. The van der Waals surface area contributed by atoms with E-state index in [1.54, 1.807) is 36.4 Å². The van der Waals surface area contributed by atoms with Gasteiger partial charge in [0.1, 0.15) is 0 Å². The van der Waals surface area contributed by atoms with Crippen LogP contribution in [-0.4, -0.2) is 33.9 Å². The van der Waals surface area contributed by atoms with Crippen LogP contribution in [0.3, 0.4) is 0 Å². The zero-order chi connectivity index (χ0) is 24.1. The molecule has 0 radical (unpaired) electrons. The molecule has 0 heterocycles. The van der Waals surface area contributed by atoms with E-state index in [0.29, 0.717) is 11.4 Å². The molecule has 34 heavy (non-hydrogen) atoms. The van der Waals surface area contributed by atoms with Gasteiger partial charge in [0.15, 0.2) is 6.61 Å². The Balaban J connectivity index is 1.44. The second-order valence-corrected chi connectivity index (χ2v) is 9.46. The highest BCUT2D eigenvalue weighted by Gasteiger charge is 2.23. The van der Waals surface area contributed by atoms with E-state index in [4.69, 9.17) is 4.74 Å². The maximum Gasteiger partial charge on any atom is 0.338 e. The molecule has 1 amide bonds. The van der Waals surface area contributed by atoms with Gasteiger partial charge in [-0.3, -0.25) is 9.10 Å². The van der Waals surface area contributed by atoms with Crippen LogP contribution in [0.4, 0.5) is 11.4 Å². The van der Waals surface area contributed by atoms with Gasteiger partial charge in [-0.15, -0.1) is 0 Å². The molecule has 172 valence electrons. The fraction of sp³-hybridized carbons (Fsp3) is 0.0769. The van der Waals surface area contributed by atoms with Crippen molar-refractivity contribution in [2.45, 2.75) is 4.90 Å². The van der Waals surface area contributed by atoms with Crippen molar-refractivity contribution in [3.05, 3.63) is 103 Å². The lowest BCUT2D eigenvalue weighted by atomic mass is 10.1. The van der Waals surface area contributed by atoms with Gasteiger partial charge in [-0.05, 0) is 41.8 Å². The van der Waals surface area contributed by atoms with Crippen LogP contribution in [-0.2, 0) is 19.6 Å². The van der Waals surface area contributed by atoms with E-state index >= 15 is 0 Å². The predicted octanol–water partition coefficient (Wildman–Crippen LogP) is 4.46. The van der Waals surface area contributed by atoms with Gasteiger partial charge < -0.3 is 10.1 Å². The molecule has 0 saturated carbocycles. The summed E-state index contributed by atoms with van der Waals surface area (Å²) in [5.41, 5.74) is 1.12. The van der Waals surface area contributed by atoms with E-state index in [2.05, 4.69) is 5.32 Å². The van der Waals surface area contributed by atoms with Crippen LogP contribution in [0.5, 0.6) is 0 Å². The molecule has 4 rings (SSSR count). The Bertz CT molecular complexity index is 1450. The summed E-state index contributed by atoms with van der Waals surface area (Å²) in [4.78, 5) is 24.8. The molecule has 0 aliphatic carbocycles. The lowest BCUT2D eigenvalue weighted by Gasteiger charge is -2.19. The number of amides is 1. The topological polar surface area (TPSA) is 92.8 Å². The summed E-state index contributed by atoms with van der Waals surface area (Å²) in [5.74, 6) is -1.30. The molecular weight excluding hydrogens is 452 g/mol. The maximum absolute atomic E-state index is 13.0. The normalized spacial score (nSPS) is 11.1. The van der Waals surface area contributed by atoms with Gasteiger partial charge in [0, 0.05) is 18.1 Å². The number of fused-ring (bicyclic) bond motifs is 1. The Kier molecular flexibility index (Phi) is 6.60. The summed E-state index contributed by atoms with van der Waals surface area (Å²) < 4.78 is 32.2. The van der Waals surface area contributed by atoms with Gasteiger partial charge in [0.2, 0.25) is 0 Å². The number of esters is 1. The molecule has 4 aromatic carbocycles. The summed E-state index contributed by atoms with van der Waals surface area (Å²) in [6.07, 6.45) is 0. The van der Waals surface area contributed by atoms with E-state index in [1.807, 2.05) is 36.4 Å². The first-order valence-corrected chi connectivity index (χ1v) is 11.9. The van der Waals surface area contributed by atoms with Gasteiger partial charge in [0.05, 0.1) is 16.1 Å². The molecule has 0 fully saturated rings. The van der Waals surface area contributed by atoms with Crippen molar-refractivity contribution >= 4 is 44.0 Å². The van der Waals surface area contributed by atoms with E-state index in [-0.39, 0.29) is 10.5 Å². The van der Waals surface area contributed by atoms with Crippen molar-refractivity contribution in [3.8, 4) is 0 Å². The Morgan fingerprint density at radius 3 is 2.32 bits per heavy atom.